The Bertz CT molecular complexity index is 998. The van der Waals surface area contributed by atoms with Gasteiger partial charge in [0.2, 0.25) is 0 Å². The Morgan fingerprint density at radius 1 is 1.11 bits per heavy atom. The molecule has 3 aromatic rings. The number of carbonyl (C=O) groups excluding carboxylic acids is 2. The molecule has 0 bridgehead atoms. The third-order valence-electron chi connectivity index (χ3n) is 5.23. The molecule has 1 fully saturated rings. The van der Waals surface area contributed by atoms with Gasteiger partial charge in [-0.15, -0.1) is 0 Å². The van der Waals surface area contributed by atoms with E-state index in [-0.39, 0.29) is 11.8 Å². The molecular formula is C21H20N4O2. The molecule has 0 aliphatic carbocycles. The van der Waals surface area contributed by atoms with Crippen molar-refractivity contribution in [3.05, 3.63) is 65.5 Å². The number of amides is 2. The highest BCUT2D eigenvalue weighted by Gasteiger charge is 2.26. The number of piperidine rings is 1. The average Bonchev–Trinajstić information content (AvgIpc) is 3.17. The van der Waals surface area contributed by atoms with Crippen LogP contribution in [0.5, 0.6) is 0 Å². The summed E-state index contributed by atoms with van der Waals surface area (Å²) in [6.45, 7) is 4.66. The molecule has 3 heterocycles. The van der Waals surface area contributed by atoms with Crippen LogP contribution in [0.25, 0.3) is 11.0 Å². The van der Waals surface area contributed by atoms with Crippen molar-refractivity contribution in [3.8, 4) is 0 Å². The highest BCUT2D eigenvalue weighted by molar-refractivity contribution is 5.99. The Labute approximate surface area is 156 Å². The van der Waals surface area contributed by atoms with E-state index in [1.54, 1.807) is 30.5 Å². The van der Waals surface area contributed by atoms with Crippen LogP contribution >= 0.6 is 0 Å². The fourth-order valence-corrected chi connectivity index (χ4v) is 3.74. The minimum Gasteiger partial charge on any atom is -0.346 e. The first-order valence-corrected chi connectivity index (χ1v) is 9.00. The number of hydrogen-bond acceptors (Lipinski definition) is 3. The van der Waals surface area contributed by atoms with Crippen molar-refractivity contribution in [1.82, 2.24) is 14.9 Å². The average molecular weight is 360 g/mol. The second-order valence-corrected chi connectivity index (χ2v) is 6.75. The maximum absolute atomic E-state index is 12.7. The number of hydrogen-bond donors (Lipinski definition) is 1. The van der Waals surface area contributed by atoms with Crippen LogP contribution in [0.15, 0.2) is 53.8 Å². The topological polar surface area (TPSA) is 78.4 Å². The molecule has 0 saturated carbocycles. The Hall–Kier alpha value is -3.28. The van der Waals surface area contributed by atoms with Gasteiger partial charge in [0.15, 0.2) is 0 Å². The van der Waals surface area contributed by atoms with Crippen LogP contribution in [-0.4, -0.2) is 46.5 Å². The second kappa shape index (κ2) is 7.15. The Kier molecular flexibility index (Phi) is 4.54. The summed E-state index contributed by atoms with van der Waals surface area (Å²) in [7, 11) is 0. The third kappa shape index (κ3) is 3.26. The van der Waals surface area contributed by atoms with Gasteiger partial charge in [-0.2, -0.15) is 0 Å². The molecule has 6 nitrogen and oxygen atoms in total. The van der Waals surface area contributed by atoms with Gasteiger partial charge in [0.25, 0.3) is 11.8 Å². The van der Waals surface area contributed by atoms with Gasteiger partial charge >= 0.3 is 0 Å². The van der Waals surface area contributed by atoms with Gasteiger partial charge in [0.05, 0.1) is 0 Å². The molecule has 2 amide bonds. The number of likely N-dealkylation sites (tertiary alicyclic amines) is 1. The number of nitrogens with one attached hydrogen (secondary N) is 1. The van der Waals surface area contributed by atoms with Crippen LogP contribution in [0.2, 0.25) is 0 Å². The lowest BCUT2D eigenvalue weighted by Crippen LogP contribution is -2.37. The van der Waals surface area contributed by atoms with Gasteiger partial charge in [-0.1, -0.05) is 0 Å². The molecule has 27 heavy (non-hydrogen) atoms. The lowest BCUT2D eigenvalue weighted by Gasteiger charge is -2.32. The Balaban J connectivity index is 1.43. The van der Waals surface area contributed by atoms with Crippen molar-refractivity contribution in [2.24, 2.45) is 4.99 Å². The van der Waals surface area contributed by atoms with Crippen molar-refractivity contribution < 1.29 is 9.59 Å². The zero-order valence-electron chi connectivity index (χ0n) is 14.9. The van der Waals surface area contributed by atoms with Gasteiger partial charge in [0, 0.05) is 42.0 Å². The number of nitrogens with zero attached hydrogens (tertiary/aromatic N) is 3. The maximum Gasteiger partial charge on any atom is 0.276 e. The predicted octanol–water partition coefficient (Wildman–Crippen LogP) is 3.42. The number of pyridine rings is 1. The number of fused-ring (bicyclic) bond motifs is 1. The number of aliphatic imine (C=N–C) groups is 1. The molecule has 0 atom stereocenters. The van der Waals surface area contributed by atoms with E-state index in [2.05, 4.69) is 27.7 Å². The van der Waals surface area contributed by atoms with Gasteiger partial charge < -0.3 is 9.88 Å². The van der Waals surface area contributed by atoms with Gasteiger partial charge in [-0.05, 0) is 67.4 Å². The summed E-state index contributed by atoms with van der Waals surface area (Å²) in [6.07, 6.45) is 5.67. The maximum atomic E-state index is 12.7. The first kappa shape index (κ1) is 17.1. The second-order valence-electron chi connectivity index (χ2n) is 6.75. The molecule has 4 rings (SSSR count). The minimum atomic E-state index is -0.386. The van der Waals surface area contributed by atoms with Crippen LogP contribution in [0.1, 0.15) is 45.0 Å². The van der Waals surface area contributed by atoms with Crippen molar-refractivity contribution in [2.45, 2.75) is 18.8 Å². The first-order chi connectivity index (χ1) is 13.2. The summed E-state index contributed by atoms with van der Waals surface area (Å²) in [5.74, 6) is 0.0355. The van der Waals surface area contributed by atoms with Crippen molar-refractivity contribution in [3.63, 3.8) is 0 Å². The number of H-pyrrole nitrogens is 1. The monoisotopic (exact) mass is 360 g/mol. The van der Waals surface area contributed by atoms with E-state index in [1.807, 2.05) is 17.2 Å². The van der Waals surface area contributed by atoms with Gasteiger partial charge in [-0.3, -0.25) is 9.59 Å². The summed E-state index contributed by atoms with van der Waals surface area (Å²) in [6, 6.07) is 10.6. The standard InChI is InChI=1S/C21H20N4O2/c1-22-20(26)15-4-6-16(7-5-15)21(27)25-11-8-14(9-12-25)18-13-24-19-17(18)3-2-10-23-19/h2-7,10,13-14H,1,8-9,11-12H2,(H,23,24). The number of aromatic amines is 1. The zero-order valence-corrected chi connectivity index (χ0v) is 14.9. The first-order valence-electron chi connectivity index (χ1n) is 9.00. The lowest BCUT2D eigenvalue weighted by atomic mass is 9.89. The SMILES string of the molecule is C=NC(=O)c1ccc(C(=O)N2CCC(c3c[nH]c4ncccc34)CC2)cc1. The molecular weight excluding hydrogens is 340 g/mol. The van der Waals surface area contributed by atoms with E-state index in [0.29, 0.717) is 30.1 Å². The summed E-state index contributed by atoms with van der Waals surface area (Å²) in [4.78, 5) is 37.1. The van der Waals surface area contributed by atoms with E-state index in [9.17, 15) is 9.59 Å². The molecule has 1 aromatic carbocycles. The van der Waals surface area contributed by atoms with Crippen LogP contribution in [0.3, 0.4) is 0 Å². The van der Waals surface area contributed by atoms with Crippen molar-refractivity contribution >= 4 is 29.6 Å². The Morgan fingerprint density at radius 3 is 2.52 bits per heavy atom. The minimum absolute atomic E-state index is 0.000366. The number of aromatic nitrogens is 2. The molecule has 136 valence electrons. The van der Waals surface area contributed by atoms with Crippen molar-refractivity contribution in [1.29, 1.82) is 0 Å². The number of carbonyl (C=O) groups is 2. The zero-order chi connectivity index (χ0) is 18.8. The molecule has 0 spiro atoms. The van der Waals surface area contributed by atoms with Gasteiger partial charge in [0.1, 0.15) is 5.65 Å². The van der Waals surface area contributed by atoms with E-state index in [0.717, 1.165) is 18.5 Å². The fourth-order valence-electron chi connectivity index (χ4n) is 3.74. The quantitative estimate of drug-likeness (QED) is 0.727. The van der Waals surface area contributed by atoms with Crippen LogP contribution in [0.4, 0.5) is 0 Å². The summed E-state index contributed by atoms with van der Waals surface area (Å²) >= 11 is 0. The molecule has 1 aliphatic heterocycles. The molecule has 6 heteroatoms. The predicted molar refractivity (Wildman–Crippen MR) is 104 cm³/mol. The normalized spacial score (nSPS) is 15.0. The molecule has 1 N–H and O–H groups in total. The highest BCUT2D eigenvalue weighted by atomic mass is 16.2. The highest BCUT2D eigenvalue weighted by Crippen LogP contribution is 2.32. The third-order valence-corrected chi connectivity index (χ3v) is 5.23. The smallest absolute Gasteiger partial charge is 0.276 e. The van der Waals surface area contributed by atoms with Crippen LogP contribution in [0, 0.1) is 0 Å². The summed E-state index contributed by atoms with van der Waals surface area (Å²) in [5.41, 5.74) is 3.22. The van der Waals surface area contributed by atoms with Crippen LogP contribution < -0.4 is 0 Å². The van der Waals surface area contributed by atoms with E-state index >= 15 is 0 Å². The van der Waals surface area contributed by atoms with E-state index in [1.165, 1.54) is 10.9 Å². The fraction of sp³-hybridized carbons (Fsp3) is 0.238. The van der Waals surface area contributed by atoms with Crippen LogP contribution in [-0.2, 0) is 0 Å². The lowest BCUT2D eigenvalue weighted by molar-refractivity contribution is 0.0713. The molecule has 0 unspecified atom stereocenters. The molecule has 2 aromatic heterocycles. The Morgan fingerprint density at radius 2 is 1.81 bits per heavy atom. The van der Waals surface area contributed by atoms with Gasteiger partial charge in [-0.25, -0.2) is 9.98 Å². The van der Waals surface area contributed by atoms with E-state index < -0.39 is 0 Å². The summed E-state index contributed by atoms with van der Waals surface area (Å²) < 4.78 is 0. The van der Waals surface area contributed by atoms with E-state index in [4.69, 9.17) is 0 Å². The molecule has 1 saturated heterocycles. The molecule has 0 radical (unpaired) electrons. The summed E-state index contributed by atoms with van der Waals surface area (Å²) in [5, 5.41) is 1.17. The number of benzene rings is 1. The molecule has 1 aliphatic rings. The number of rotatable bonds is 3. The van der Waals surface area contributed by atoms with Crippen molar-refractivity contribution in [2.75, 3.05) is 13.1 Å². The largest absolute Gasteiger partial charge is 0.346 e.